The Morgan fingerprint density at radius 2 is 1.81 bits per heavy atom. The van der Waals surface area contributed by atoms with Gasteiger partial charge in [0.2, 0.25) is 0 Å². The predicted molar refractivity (Wildman–Crippen MR) is 78.6 cm³/mol. The van der Waals surface area contributed by atoms with Crippen molar-refractivity contribution in [2.75, 3.05) is 39.1 Å². The predicted octanol–water partition coefficient (Wildman–Crippen LogP) is 3.34. The van der Waals surface area contributed by atoms with Crippen LogP contribution in [0, 0.1) is 0 Å². The van der Waals surface area contributed by atoms with Crippen molar-refractivity contribution in [1.29, 1.82) is 0 Å². The summed E-state index contributed by atoms with van der Waals surface area (Å²) in [6.45, 7) is 2.10. The first-order valence-corrected chi connectivity index (χ1v) is 7.16. The third-order valence-corrected chi connectivity index (χ3v) is 3.85. The second-order valence-corrected chi connectivity index (χ2v) is 5.55. The van der Waals surface area contributed by atoms with E-state index in [4.69, 9.17) is 0 Å². The van der Waals surface area contributed by atoms with Gasteiger partial charge in [-0.2, -0.15) is 0 Å². The Labute approximate surface area is 115 Å². The van der Waals surface area contributed by atoms with Crippen molar-refractivity contribution in [2.24, 2.45) is 0 Å². The Hall–Kier alpha value is -0.0600. The Kier molecular flexibility index (Phi) is 5.79. The van der Waals surface area contributed by atoms with Crippen molar-refractivity contribution in [3.63, 3.8) is 0 Å². The number of rotatable bonds is 5. The molecule has 4 heteroatoms. The zero-order valence-electron chi connectivity index (χ0n) is 10.0. The van der Waals surface area contributed by atoms with Gasteiger partial charge in [-0.3, -0.25) is 0 Å². The molecule has 90 valence electrons. The van der Waals surface area contributed by atoms with Gasteiger partial charge in [0.1, 0.15) is 0 Å². The standard InChI is InChI=1S/C12H18Br2N2/c1-15(2)6-7-16(3)11-5-4-10(9-13)12(14)8-11/h4-5,8H,6-7,9H2,1-3H3. The topological polar surface area (TPSA) is 6.48 Å². The lowest BCUT2D eigenvalue weighted by molar-refractivity contribution is 0.416. The van der Waals surface area contributed by atoms with Gasteiger partial charge in [0.15, 0.2) is 0 Å². The summed E-state index contributed by atoms with van der Waals surface area (Å²) in [5, 5.41) is 0.884. The molecule has 0 aromatic heterocycles. The van der Waals surface area contributed by atoms with E-state index in [0.29, 0.717) is 0 Å². The molecule has 0 heterocycles. The summed E-state index contributed by atoms with van der Waals surface area (Å²) in [6, 6.07) is 6.49. The second kappa shape index (κ2) is 6.62. The van der Waals surface area contributed by atoms with Gasteiger partial charge in [-0.05, 0) is 31.8 Å². The van der Waals surface area contributed by atoms with Crippen molar-refractivity contribution in [3.8, 4) is 0 Å². The smallest absolute Gasteiger partial charge is 0.0375 e. The van der Waals surface area contributed by atoms with Crippen LogP contribution in [0.2, 0.25) is 0 Å². The number of halogens is 2. The lowest BCUT2D eigenvalue weighted by Gasteiger charge is -2.22. The number of benzene rings is 1. The third-order valence-electron chi connectivity index (χ3n) is 2.50. The average Bonchev–Trinajstić information content (AvgIpc) is 2.25. The molecule has 1 aromatic carbocycles. The molecule has 0 bridgehead atoms. The zero-order chi connectivity index (χ0) is 12.1. The van der Waals surface area contributed by atoms with E-state index in [1.807, 2.05) is 0 Å². The summed E-state index contributed by atoms with van der Waals surface area (Å²) >= 11 is 7.06. The highest BCUT2D eigenvalue weighted by atomic mass is 79.9. The van der Waals surface area contributed by atoms with Crippen molar-refractivity contribution in [2.45, 2.75) is 5.33 Å². The Bertz CT molecular complexity index is 340. The van der Waals surface area contributed by atoms with Crippen LogP contribution in [-0.2, 0) is 5.33 Å². The third kappa shape index (κ3) is 4.07. The van der Waals surface area contributed by atoms with E-state index in [2.05, 4.69) is 81.0 Å². The lowest BCUT2D eigenvalue weighted by Crippen LogP contribution is -2.28. The average molecular weight is 350 g/mol. The molecule has 1 rings (SSSR count). The van der Waals surface area contributed by atoms with Gasteiger partial charge in [0, 0.05) is 35.6 Å². The van der Waals surface area contributed by atoms with E-state index >= 15 is 0 Å². The molecule has 0 aliphatic heterocycles. The summed E-state index contributed by atoms with van der Waals surface area (Å²) in [5.41, 5.74) is 2.53. The summed E-state index contributed by atoms with van der Waals surface area (Å²) in [7, 11) is 6.31. The van der Waals surface area contributed by atoms with Gasteiger partial charge in [0.25, 0.3) is 0 Å². The molecule has 0 radical (unpaired) electrons. The van der Waals surface area contributed by atoms with E-state index in [1.54, 1.807) is 0 Å². The lowest BCUT2D eigenvalue weighted by atomic mass is 10.2. The minimum absolute atomic E-state index is 0.884. The molecule has 0 saturated heterocycles. The SMILES string of the molecule is CN(C)CCN(C)c1ccc(CBr)c(Br)c1. The molecule has 0 N–H and O–H groups in total. The Morgan fingerprint density at radius 1 is 1.12 bits per heavy atom. The molecule has 16 heavy (non-hydrogen) atoms. The second-order valence-electron chi connectivity index (χ2n) is 4.13. The molecule has 0 unspecified atom stereocenters. The molecule has 0 fully saturated rings. The number of hydrogen-bond acceptors (Lipinski definition) is 2. The van der Waals surface area contributed by atoms with E-state index < -0.39 is 0 Å². The normalized spacial score (nSPS) is 10.9. The largest absolute Gasteiger partial charge is 0.373 e. The number of likely N-dealkylation sites (N-methyl/N-ethyl adjacent to an activating group) is 2. The highest BCUT2D eigenvalue weighted by Gasteiger charge is 2.04. The zero-order valence-corrected chi connectivity index (χ0v) is 13.2. The summed E-state index contributed by atoms with van der Waals surface area (Å²) < 4.78 is 1.17. The number of hydrogen-bond donors (Lipinski definition) is 0. The molecular formula is C12H18Br2N2. The van der Waals surface area contributed by atoms with Crippen LogP contribution in [-0.4, -0.2) is 39.1 Å². The Morgan fingerprint density at radius 3 is 2.31 bits per heavy atom. The minimum atomic E-state index is 0.884. The first-order chi connectivity index (χ1) is 7.54. The Balaban J connectivity index is 2.69. The molecule has 0 amide bonds. The van der Waals surface area contributed by atoms with Gasteiger partial charge in [0.05, 0.1) is 0 Å². The van der Waals surface area contributed by atoms with Crippen LogP contribution >= 0.6 is 31.9 Å². The van der Waals surface area contributed by atoms with Crippen molar-refractivity contribution in [1.82, 2.24) is 4.90 Å². The number of nitrogens with zero attached hydrogens (tertiary/aromatic N) is 2. The maximum absolute atomic E-state index is 3.59. The molecule has 0 spiro atoms. The monoisotopic (exact) mass is 348 g/mol. The van der Waals surface area contributed by atoms with Gasteiger partial charge >= 0.3 is 0 Å². The number of alkyl halides is 1. The van der Waals surface area contributed by atoms with Crippen molar-refractivity contribution >= 4 is 37.5 Å². The highest BCUT2D eigenvalue weighted by Crippen LogP contribution is 2.25. The van der Waals surface area contributed by atoms with Crippen molar-refractivity contribution < 1.29 is 0 Å². The van der Waals surface area contributed by atoms with Crippen LogP contribution in [0.5, 0.6) is 0 Å². The van der Waals surface area contributed by atoms with E-state index in [9.17, 15) is 0 Å². The number of anilines is 1. The first-order valence-electron chi connectivity index (χ1n) is 5.25. The van der Waals surface area contributed by atoms with E-state index in [0.717, 1.165) is 18.4 Å². The molecule has 0 aliphatic rings. The molecule has 2 nitrogen and oxygen atoms in total. The summed E-state index contributed by atoms with van der Waals surface area (Å²) in [4.78, 5) is 4.46. The van der Waals surface area contributed by atoms with Crippen LogP contribution in [0.25, 0.3) is 0 Å². The molecular weight excluding hydrogens is 332 g/mol. The fraction of sp³-hybridized carbons (Fsp3) is 0.500. The van der Waals surface area contributed by atoms with Gasteiger partial charge in [-0.25, -0.2) is 0 Å². The van der Waals surface area contributed by atoms with E-state index in [1.165, 1.54) is 15.7 Å². The molecule has 1 aromatic rings. The van der Waals surface area contributed by atoms with E-state index in [-0.39, 0.29) is 0 Å². The maximum atomic E-state index is 3.59. The van der Waals surface area contributed by atoms with Crippen LogP contribution in [0.3, 0.4) is 0 Å². The highest BCUT2D eigenvalue weighted by molar-refractivity contribution is 9.10. The molecule has 0 atom stereocenters. The first kappa shape index (κ1) is 14.0. The summed E-state index contributed by atoms with van der Waals surface area (Å²) in [6.07, 6.45) is 0. The maximum Gasteiger partial charge on any atom is 0.0375 e. The fourth-order valence-electron chi connectivity index (χ4n) is 1.36. The van der Waals surface area contributed by atoms with Crippen LogP contribution in [0.15, 0.2) is 22.7 Å². The molecule has 0 saturated carbocycles. The van der Waals surface area contributed by atoms with Crippen LogP contribution in [0.4, 0.5) is 5.69 Å². The van der Waals surface area contributed by atoms with Crippen molar-refractivity contribution in [3.05, 3.63) is 28.2 Å². The van der Waals surface area contributed by atoms with Crippen LogP contribution in [0.1, 0.15) is 5.56 Å². The van der Waals surface area contributed by atoms with Gasteiger partial charge in [-0.1, -0.05) is 37.9 Å². The summed E-state index contributed by atoms with van der Waals surface area (Å²) in [5.74, 6) is 0. The quantitative estimate of drug-likeness (QED) is 0.752. The van der Waals surface area contributed by atoms with Crippen LogP contribution < -0.4 is 4.90 Å². The van der Waals surface area contributed by atoms with Gasteiger partial charge < -0.3 is 9.80 Å². The molecule has 0 aliphatic carbocycles. The minimum Gasteiger partial charge on any atom is -0.373 e. The fourth-order valence-corrected chi connectivity index (χ4v) is 2.73. The van der Waals surface area contributed by atoms with Gasteiger partial charge in [-0.15, -0.1) is 0 Å².